The topological polar surface area (TPSA) is 72.5 Å². The first-order valence-electron chi connectivity index (χ1n) is 7.34. The van der Waals surface area contributed by atoms with Crippen molar-refractivity contribution in [1.29, 1.82) is 0 Å². The number of hydrogen-bond donors (Lipinski definition) is 1. The highest BCUT2D eigenvalue weighted by atomic mass is 35.5. The van der Waals surface area contributed by atoms with Crippen LogP contribution in [0.2, 0.25) is 15.1 Å². The molecule has 0 spiro atoms. The standard InChI is InChI=1S/C17H14Cl3NO4S/c1-2-25-17(22)16(10-21-14-8-12(19)7-13(20)9-14)26(23,24)15-5-3-11(18)4-6-15/h3-10,21H,2H2,1H3/b16-10+. The largest absolute Gasteiger partial charge is 0.462 e. The smallest absolute Gasteiger partial charge is 0.351 e. The number of hydrogen-bond acceptors (Lipinski definition) is 5. The van der Waals surface area contributed by atoms with Gasteiger partial charge in [-0.05, 0) is 49.4 Å². The van der Waals surface area contributed by atoms with Crippen molar-refractivity contribution in [3.63, 3.8) is 0 Å². The lowest BCUT2D eigenvalue weighted by molar-refractivity contribution is -0.137. The molecule has 2 rings (SSSR count). The fourth-order valence-corrected chi connectivity index (χ4v) is 3.87. The normalized spacial score (nSPS) is 11.9. The summed E-state index contributed by atoms with van der Waals surface area (Å²) in [6.07, 6.45) is 1.05. The fourth-order valence-electron chi connectivity index (χ4n) is 1.98. The molecule has 138 valence electrons. The zero-order valence-corrected chi connectivity index (χ0v) is 16.6. The number of anilines is 1. The number of rotatable bonds is 6. The number of esters is 1. The first-order valence-corrected chi connectivity index (χ1v) is 9.96. The second kappa shape index (κ2) is 8.77. The number of carbonyl (C=O) groups excluding carboxylic acids is 1. The first-order chi connectivity index (χ1) is 12.2. The van der Waals surface area contributed by atoms with Gasteiger partial charge in [-0.15, -0.1) is 0 Å². The molecule has 0 saturated heterocycles. The summed E-state index contributed by atoms with van der Waals surface area (Å²) in [5, 5.41) is 3.80. The fraction of sp³-hybridized carbons (Fsp3) is 0.118. The summed E-state index contributed by atoms with van der Waals surface area (Å²) in [6, 6.07) is 10.0. The Morgan fingerprint density at radius 1 is 1.04 bits per heavy atom. The van der Waals surface area contributed by atoms with E-state index in [-0.39, 0.29) is 11.5 Å². The van der Waals surface area contributed by atoms with Crippen LogP contribution in [0.3, 0.4) is 0 Å². The molecule has 0 amide bonds. The van der Waals surface area contributed by atoms with Gasteiger partial charge in [-0.25, -0.2) is 13.2 Å². The number of nitrogens with one attached hydrogen (secondary N) is 1. The van der Waals surface area contributed by atoms with Crippen molar-refractivity contribution in [3.05, 3.63) is 68.6 Å². The lowest BCUT2D eigenvalue weighted by atomic mass is 10.3. The summed E-state index contributed by atoms with van der Waals surface area (Å²) in [5.41, 5.74) is 0.413. The Balaban J connectivity index is 2.45. The van der Waals surface area contributed by atoms with Crippen LogP contribution in [0.4, 0.5) is 5.69 Å². The minimum absolute atomic E-state index is 0.0231. The van der Waals surface area contributed by atoms with Crippen molar-refractivity contribution in [1.82, 2.24) is 0 Å². The number of sulfone groups is 1. The van der Waals surface area contributed by atoms with E-state index in [1.54, 1.807) is 6.92 Å². The second-order valence-corrected chi connectivity index (χ2v) is 8.22. The average Bonchev–Trinajstić information content (AvgIpc) is 2.54. The third kappa shape index (κ3) is 5.14. The molecule has 0 aromatic heterocycles. The molecule has 5 nitrogen and oxygen atoms in total. The predicted molar refractivity (Wildman–Crippen MR) is 103 cm³/mol. The van der Waals surface area contributed by atoms with E-state index in [1.807, 2.05) is 0 Å². The third-order valence-corrected chi connectivity index (χ3v) is 5.57. The highest BCUT2D eigenvalue weighted by molar-refractivity contribution is 7.96. The third-order valence-electron chi connectivity index (χ3n) is 3.12. The Morgan fingerprint density at radius 3 is 2.15 bits per heavy atom. The quantitative estimate of drug-likeness (QED) is 0.515. The molecule has 2 aromatic rings. The molecule has 0 fully saturated rings. The van der Waals surface area contributed by atoms with Gasteiger partial charge in [0.25, 0.3) is 0 Å². The summed E-state index contributed by atoms with van der Waals surface area (Å²) < 4.78 is 30.5. The van der Waals surface area contributed by atoms with Gasteiger partial charge in [-0.2, -0.15) is 0 Å². The lowest BCUT2D eigenvalue weighted by Gasteiger charge is -2.10. The van der Waals surface area contributed by atoms with E-state index in [1.165, 1.54) is 42.5 Å². The van der Waals surface area contributed by atoms with Gasteiger partial charge < -0.3 is 10.1 Å². The van der Waals surface area contributed by atoms with Gasteiger partial charge in [-0.1, -0.05) is 34.8 Å². The molecule has 2 aromatic carbocycles. The van der Waals surface area contributed by atoms with Crippen LogP contribution in [0, 0.1) is 0 Å². The highest BCUT2D eigenvalue weighted by Gasteiger charge is 2.28. The summed E-state index contributed by atoms with van der Waals surface area (Å²) in [5.74, 6) is -0.983. The Morgan fingerprint density at radius 2 is 1.62 bits per heavy atom. The van der Waals surface area contributed by atoms with Gasteiger partial charge in [0, 0.05) is 27.0 Å². The summed E-state index contributed by atoms with van der Waals surface area (Å²) >= 11 is 17.6. The molecule has 0 radical (unpaired) electrons. The van der Waals surface area contributed by atoms with Crippen LogP contribution in [-0.2, 0) is 19.4 Å². The van der Waals surface area contributed by atoms with E-state index in [2.05, 4.69) is 5.32 Å². The molecule has 0 unspecified atom stereocenters. The van der Waals surface area contributed by atoms with Crippen molar-refractivity contribution in [2.75, 3.05) is 11.9 Å². The molecular formula is C17H14Cl3NO4S. The van der Waals surface area contributed by atoms with Crippen molar-refractivity contribution in [3.8, 4) is 0 Å². The first kappa shape index (κ1) is 20.6. The van der Waals surface area contributed by atoms with Gasteiger partial charge >= 0.3 is 5.97 Å². The zero-order valence-electron chi connectivity index (χ0n) is 13.5. The SMILES string of the molecule is CCOC(=O)/C(=C\Nc1cc(Cl)cc(Cl)c1)S(=O)(=O)c1ccc(Cl)cc1. The molecule has 0 heterocycles. The molecule has 0 bridgehead atoms. The Hall–Kier alpha value is -1.73. The van der Waals surface area contributed by atoms with Crippen LogP contribution < -0.4 is 5.32 Å². The minimum atomic E-state index is -4.13. The maximum absolute atomic E-state index is 12.8. The minimum Gasteiger partial charge on any atom is -0.462 e. The Bertz CT molecular complexity index is 921. The number of benzene rings is 2. The molecule has 0 aliphatic rings. The van der Waals surface area contributed by atoms with Crippen molar-refractivity contribution in [2.24, 2.45) is 0 Å². The Kier molecular flexibility index (Phi) is 6.94. The highest BCUT2D eigenvalue weighted by Crippen LogP contribution is 2.25. The van der Waals surface area contributed by atoms with E-state index in [9.17, 15) is 13.2 Å². The van der Waals surface area contributed by atoms with Gasteiger partial charge in [0.15, 0.2) is 4.91 Å². The van der Waals surface area contributed by atoms with E-state index >= 15 is 0 Å². The second-order valence-electron chi connectivity index (χ2n) is 4.99. The van der Waals surface area contributed by atoms with E-state index < -0.39 is 20.7 Å². The molecule has 0 saturated carbocycles. The van der Waals surface area contributed by atoms with Gasteiger partial charge in [0.1, 0.15) is 0 Å². The van der Waals surface area contributed by atoms with Crippen LogP contribution in [0.15, 0.2) is 58.5 Å². The number of ether oxygens (including phenoxy) is 1. The maximum Gasteiger partial charge on any atom is 0.351 e. The van der Waals surface area contributed by atoms with Crippen LogP contribution in [0.1, 0.15) is 6.92 Å². The predicted octanol–water partition coefficient (Wildman–Crippen LogP) is 4.94. The molecule has 1 N–H and O–H groups in total. The van der Waals surface area contributed by atoms with Crippen molar-refractivity contribution >= 4 is 56.3 Å². The van der Waals surface area contributed by atoms with Crippen LogP contribution in [-0.4, -0.2) is 21.0 Å². The van der Waals surface area contributed by atoms with Crippen molar-refractivity contribution < 1.29 is 17.9 Å². The molecule has 9 heteroatoms. The van der Waals surface area contributed by atoms with Crippen LogP contribution in [0.25, 0.3) is 0 Å². The van der Waals surface area contributed by atoms with Crippen LogP contribution >= 0.6 is 34.8 Å². The maximum atomic E-state index is 12.8. The zero-order chi connectivity index (χ0) is 19.3. The molecule has 0 atom stereocenters. The van der Waals surface area contributed by atoms with E-state index in [0.717, 1.165) is 6.20 Å². The molecule has 0 aliphatic heterocycles. The monoisotopic (exact) mass is 433 g/mol. The number of halogens is 3. The average molecular weight is 435 g/mol. The molecule has 26 heavy (non-hydrogen) atoms. The summed E-state index contributed by atoms with van der Waals surface area (Å²) in [6.45, 7) is 1.60. The summed E-state index contributed by atoms with van der Waals surface area (Å²) in [4.78, 5) is 11.5. The summed E-state index contributed by atoms with van der Waals surface area (Å²) in [7, 11) is -4.13. The van der Waals surface area contributed by atoms with Crippen molar-refractivity contribution in [2.45, 2.75) is 11.8 Å². The van der Waals surface area contributed by atoms with E-state index in [4.69, 9.17) is 39.5 Å². The van der Waals surface area contributed by atoms with Gasteiger partial charge in [0.2, 0.25) is 9.84 Å². The number of carbonyl (C=O) groups is 1. The molecular weight excluding hydrogens is 421 g/mol. The van der Waals surface area contributed by atoms with Gasteiger partial charge in [0.05, 0.1) is 11.5 Å². The Labute approximate surface area is 166 Å². The van der Waals surface area contributed by atoms with Gasteiger partial charge in [-0.3, -0.25) is 0 Å². The van der Waals surface area contributed by atoms with E-state index in [0.29, 0.717) is 20.8 Å². The lowest BCUT2D eigenvalue weighted by Crippen LogP contribution is -2.18. The molecule has 0 aliphatic carbocycles. The van der Waals surface area contributed by atoms with Crippen LogP contribution in [0.5, 0.6) is 0 Å².